The van der Waals surface area contributed by atoms with Crippen LogP contribution in [0.15, 0.2) is 0 Å². The molecule has 2 aliphatic rings. The molecule has 0 aromatic rings. The molecule has 0 unspecified atom stereocenters. The second-order valence-electron chi connectivity index (χ2n) is 4.82. The molecule has 0 bridgehead atoms. The van der Waals surface area contributed by atoms with Crippen molar-refractivity contribution in [1.82, 2.24) is 5.32 Å². The SMILES string of the molecule is CC1(C)O[C@H]2[C@H](O)[C@H](O)[C@H](CO)NC[C@H]2O1. The van der Waals surface area contributed by atoms with Crippen molar-refractivity contribution in [2.24, 2.45) is 0 Å². The second kappa shape index (κ2) is 4.21. The molecule has 2 heterocycles. The minimum absolute atomic E-state index is 0.235. The predicted molar refractivity (Wildman–Crippen MR) is 54.7 cm³/mol. The number of aliphatic hydroxyl groups excluding tert-OH is 3. The quantitative estimate of drug-likeness (QED) is 0.427. The molecule has 5 atom stereocenters. The Morgan fingerprint density at radius 2 is 1.94 bits per heavy atom. The van der Waals surface area contributed by atoms with E-state index < -0.39 is 30.1 Å². The van der Waals surface area contributed by atoms with E-state index in [1.807, 2.05) is 0 Å². The van der Waals surface area contributed by atoms with Crippen LogP contribution in [0.25, 0.3) is 0 Å². The van der Waals surface area contributed by atoms with Crippen LogP contribution in [0.1, 0.15) is 13.8 Å². The van der Waals surface area contributed by atoms with Crippen molar-refractivity contribution in [1.29, 1.82) is 0 Å². The Hall–Kier alpha value is -0.240. The van der Waals surface area contributed by atoms with E-state index in [2.05, 4.69) is 5.32 Å². The van der Waals surface area contributed by atoms with Crippen molar-refractivity contribution < 1.29 is 24.8 Å². The fourth-order valence-corrected chi connectivity index (χ4v) is 2.30. The van der Waals surface area contributed by atoms with E-state index in [0.29, 0.717) is 6.54 Å². The van der Waals surface area contributed by atoms with Gasteiger partial charge in [0.15, 0.2) is 5.79 Å². The molecule has 16 heavy (non-hydrogen) atoms. The maximum atomic E-state index is 9.96. The fourth-order valence-electron chi connectivity index (χ4n) is 2.30. The average Bonchev–Trinajstić information content (AvgIpc) is 2.48. The number of rotatable bonds is 1. The van der Waals surface area contributed by atoms with E-state index in [9.17, 15) is 10.2 Å². The molecule has 6 nitrogen and oxygen atoms in total. The summed E-state index contributed by atoms with van der Waals surface area (Å²) in [5, 5.41) is 31.8. The van der Waals surface area contributed by atoms with Crippen molar-refractivity contribution >= 4 is 0 Å². The predicted octanol–water partition coefficient (Wildman–Crippen LogP) is -1.81. The van der Waals surface area contributed by atoms with Crippen LogP contribution in [0, 0.1) is 0 Å². The highest BCUT2D eigenvalue weighted by atomic mass is 16.8. The first-order valence-corrected chi connectivity index (χ1v) is 5.50. The van der Waals surface area contributed by atoms with Gasteiger partial charge in [0.1, 0.15) is 24.4 Å². The van der Waals surface area contributed by atoms with E-state index in [1.165, 1.54) is 0 Å². The van der Waals surface area contributed by atoms with Crippen molar-refractivity contribution in [3.63, 3.8) is 0 Å². The minimum Gasteiger partial charge on any atom is -0.395 e. The summed E-state index contributed by atoms with van der Waals surface area (Å²) in [7, 11) is 0. The molecule has 0 aromatic carbocycles. The molecular formula is C10H19NO5. The van der Waals surface area contributed by atoms with Crippen LogP contribution in [0.5, 0.6) is 0 Å². The monoisotopic (exact) mass is 233 g/mol. The lowest BCUT2D eigenvalue weighted by Crippen LogP contribution is -2.49. The van der Waals surface area contributed by atoms with Gasteiger partial charge in [-0.15, -0.1) is 0 Å². The van der Waals surface area contributed by atoms with Gasteiger partial charge in [-0.1, -0.05) is 0 Å². The van der Waals surface area contributed by atoms with E-state index in [1.54, 1.807) is 13.8 Å². The van der Waals surface area contributed by atoms with E-state index in [0.717, 1.165) is 0 Å². The molecule has 0 saturated carbocycles. The number of aliphatic hydroxyl groups is 3. The first-order chi connectivity index (χ1) is 7.44. The topological polar surface area (TPSA) is 91.2 Å². The molecule has 2 rings (SSSR count). The van der Waals surface area contributed by atoms with Gasteiger partial charge in [0.2, 0.25) is 0 Å². The molecule has 0 aliphatic carbocycles. The molecule has 0 amide bonds. The second-order valence-corrected chi connectivity index (χ2v) is 4.82. The van der Waals surface area contributed by atoms with Crippen LogP contribution >= 0.6 is 0 Å². The van der Waals surface area contributed by atoms with Crippen molar-refractivity contribution in [3.8, 4) is 0 Å². The van der Waals surface area contributed by atoms with Gasteiger partial charge in [0.05, 0.1) is 12.6 Å². The number of fused-ring (bicyclic) bond motifs is 1. The molecule has 2 fully saturated rings. The van der Waals surface area contributed by atoms with Gasteiger partial charge in [-0.2, -0.15) is 0 Å². The molecule has 94 valence electrons. The van der Waals surface area contributed by atoms with Crippen molar-refractivity contribution in [2.45, 2.75) is 50.1 Å². The Morgan fingerprint density at radius 1 is 1.25 bits per heavy atom. The zero-order chi connectivity index (χ0) is 11.9. The largest absolute Gasteiger partial charge is 0.395 e. The van der Waals surface area contributed by atoms with Gasteiger partial charge in [0.25, 0.3) is 0 Å². The van der Waals surface area contributed by atoms with Gasteiger partial charge < -0.3 is 30.1 Å². The van der Waals surface area contributed by atoms with Crippen LogP contribution in [0.4, 0.5) is 0 Å². The van der Waals surface area contributed by atoms with Gasteiger partial charge in [-0.25, -0.2) is 0 Å². The maximum absolute atomic E-state index is 9.96. The number of ether oxygens (including phenoxy) is 2. The summed E-state index contributed by atoms with van der Waals surface area (Å²) < 4.78 is 11.2. The Bertz CT molecular complexity index is 260. The fraction of sp³-hybridized carbons (Fsp3) is 1.00. The third-order valence-corrected chi connectivity index (χ3v) is 3.10. The third kappa shape index (κ3) is 2.09. The van der Waals surface area contributed by atoms with Crippen LogP contribution < -0.4 is 5.32 Å². The molecule has 0 radical (unpaired) electrons. The van der Waals surface area contributed by atoms with Crippen molar-refractivity contribution in [3.05, 3.63) is 0 Å². The van der Waals surface area contributed by atoms with Crippen molar-refractivity contribution in [2.75, 3.05) is 13.2 Å². The lowest BCUT2D eigenvalue weighted by atomic mass is 10.0. The summed E-state index contributed by atoms with van der Waals surface area (Å²) in [6, 6.07) is -0.545. The maximum Gasteiger partial charge on any atom is 0.163 e. The Balaban J connectivity index is 2.14. The van der Waals surface area contributed by atoms with Gasteiger partial charge in [0, 0.05) is 6.54 Å². The Labute approximate surface area is 94.2 Å². The molecule has 0 aromatic heterocycles. The zero-order valence-electron chi connectivity index (χ0n) is 9.46. The summed E-state index contributed by atoms with van der Waals surface area (Å²) in [4.78, 5) is 0. The van der Waals surface area contributed by atoms with Crippen LogP contribution in [-0.4, -0.2) is 64.7 Å². The van der Waals surface area contributed by atoms with Gasteiger partial charge in [-0.05, 0) is 13.8 Å². The lowest BCUT2D eigenvalue weighted by molar-refractivity contribution is -0.167. The number of hydrogen-bond acceptors (Lipinski definition) is 6. The molecule has 6 heteroatoms. The first kappa shape index (κ1) is 12.2. The van der Waals surface area contributed by atoms with Crippen LogP contribution in [0.3, 0.4) is 0 Å². The first-order valence-electron chi connectivity index (χ1n) is 5.50. The third-order valence-electron chi connectivity index (χ3n) is 3.10. The molecule has 4 N–H and O–H groups in total. The standard InChI is InChI=1S/C10H19NO5/c1-10(2)15-6-3-11-5(4-12)7(13)8(14)9(6)16-10/h5-9,11-14H,3-4H2,1-2H3/t5-,6+,7+,8+,9+/m0/s1. The summed E-state index contributed by atoms with van der Waals surface area (Å²) in [5.74, 6) is -0.746. The molecule has 2 aliphatic heterocycles. The number of hydrogen-bond donors (Lipinski definition) is 4. The average molecular weight is 233 g/mol. The van der Waals surface area contributed by atoms with E-state index in [-0.39, 0.29) is 12.7 Å². The van der Waals surface area contributed by atoms with Gasteiger partial charge >= 0.3 is 0 Å². The number of nitrogens with one attached hydrogen (secondary N) is 1. The van der Waals surface area contributed by atoms with Crippen LogP contribution in [-0.2, 0) is 9.47 Å². The highest BCUT2D eigenvalue weighted by Crippen LogP contribution is 2.32. The summed E-state index contributed by atoms with van der Waals surface area (Å²) in [5.41, 5.74) is 0. The lowest BCUT2D eigenvalue weighted by Gasteiger charge is -2.26. The highest BCUT2D eigenvalue weighted by Gasteiger charge is 2.49. The normalized spacial score (nSPS) is 47.4. The van der Waals surface area contributed by atoms with E-state index in [4.69, 9.17) is 14.6 Å². The van der Waals surface area contributed by atoms with E-state index >= 15 is 0 Å². The Kier molecular flexibility index (Phi) is 3.22. The smallest absolute Gasteiger partial charge is 0.163 e. The summed E-state index contributed by atoms with van der Waals surface area (Å²) in [6.07, 6.45) is -2.98. The molecule has 0 spiro atoms. The summed E-state index contributed by atoms with van der Waals surface area (Å²) in [6.45, 7) is 3.74. The highest BCUT2D eigenvalue weighted by molar-refractivity contribution is 4.98. The Morgan fingerprint density at radius 3 is 2.56 bits per heavy atom. The van der Waals surface area contributed by atoms with Gasteiger partial charge in [-0.3, -0.25) is 0 Å². The summed E-state index contributed by atoms with van der Waals surface area (Å²) >= 11 is 0. The zero-order valence-corrected chi connectivity index (χ0v) is 9.46. The molecule has 2 saturated heterocycles. The van der Waals surface area contributed by atoms with Crippen LogP contribution in [0.2, 0.25) is 0 Å². The minimum atomic E-state index is -1.06. The molecular weight excluding hydrogens is 214 g/mol.